The molecule has 2 atom stereocenters. The van der Waals surface area contributed by atoms with Crippen molar-refractivity contribution in [3.63, 3.8) is 0 Å². The molecule has 1 N–H and O–H groups in total. The maximum absolute atomic E-state index is 13.6. The lowest BCUT2D eigenvalue weighted by Gasteiger charge is -2.40. The fourth-order valence-corrected chi connectivity index (χ4v) is 4.26. The number of carbonyl (C=O) groups is 2. The number of benzene rings is 3. The second kappa shape index (κ2) is 7.36. The van der Waals surface area contributed by atoms with Gasteiger partial charge in [0.25, 0.3) is 5.91 Å². The van der Waals surface area contributed by atoms with Crippen LogP contribution in [0.3, 0.4) is 0 Å². The van der Waals surface area contributed by atoms with Crippen LogP contribution in [0, 0.1) is 0 Å². The van der Waals surface area contributed by atoms with E-state index in [0.717, 1.165) is 0 Å². The molecule has 0 fully saturated rings. The number of hydrogen-bond donors (Lipinski definition) is 1. The van der Waals surface area contributed by atoms with Crippen LogP contribution < -0.4 is 19.1 Å². The zero-order chi connectivity index (χ0) is 21.5. The molecule has 3 aromatic carbocycles. The summed E-state index contributed by atoms with van der Waals surface area (Å²) in [5, 5.41) is 10.2. The van der Waals surface area contributed by atoms with Gasteiger partial charge in [-0.3, -0.25) is 14.5 Å². The van der Waals surface area contributed by atoms with E-state index < -0.39 is 17.9 Å². The Morgan fingerprint density at radius 3 is 2.52 bits per heavy atom. The van der Waals surface area contributed by atoms with Gasteiger partial charge in [-0.2, -0.15) is 0 Å². The Bertz CT molecular complexity index is 1170. The monoisotopic (exact) mass is 417 g/mol. The van der Waals surface area contributed by atoms with Gasteiger partial charge in [-0.15, -0.1) is 0 Å². The number of anilines is 1. The van der Waals surface area contributed by atoms with Crippen molar-refractivity contribution in [2.45, 2.75) is 12.0 Å². The van der Waals surface area contributed by atoms with Crippen molar-refractivity contribution < 1.29 is 28.9 Å². The second-order valence-corrected chi connectivity index (χ2v) is 7.33. The largest absolute Gasteiger partial charge is 0.497 e. The summed E-state index contributed by atoms with van der Waals surface area (Å²) in [4.78, 5) is 27.6. The molecule has 31 heavy (non-hydrogen) atoms. The van der Waals surface area contributed by atoms with Gasteiger partial charge in [-0.1, -0.05) is 30.3 Å². The van der Waals surface area contributed by atoms with Crippen LogP contribution in [0.15, 0.2) is 66.7 Å². The minimum atomic E-state index is -1.01. The predicted octanol–water partition coefficient (Wildman–Crippen LogP) is 3.99. The van der Waals surface area contributed by atoms with Gasteiger partial charge < -0.3 is 19.3 Å². The summed E-state index contributed by atoms with van der Waals surface area (Å²) >= 11 is 0. The minimum absolute atomic E-state index is 0.106. The first-order valence-electron chi connectivity index (χ1n) is 9.77. The van der Waals surface area contributed by atoms with Crippen molar-refractivity contribution in [1.29, 1.82) is 0 Å². The first-order valence-corrected chi connectivity index (χ1v) is 9.77. The highest BCUT2D eigenvalue weighted by Crippen LogP contribution is 2.47. The first-order chi connectivity index (χ1) is 15.1. The molecule has 1 amide bonds. The first kappa shape index (κ1) is 19.0. The Hall–Kier alpha value is -4.00. The summed E-state index contributed by atoms with van der Waals surface area (Å²) in [6, 6.07) is 18.4. The zero-order valence-electron chi connectivity index (χ0n) is 16.6. The molecule has 2 heterocycles. The normalized spacial score (nSPS) is 19.1. The maximum atomic E-state index is 13.6. The number of amides is 1. The van der Waals surface area contributed by atoms with E-state index in [0.29, 0.717) is 39.6 Å². The van der Waals surface area contributed by atoms with Crippen molar-refractivity contribution in [2.75, 3.05) is 18.8 Å². The molecule has 156 valence electrons. The van der Waals surface area contributed by atoms with Gasteiger partial charge >= 0.3 is 5.97 Å². The SMILES string of the molecule is COc1ccc(C2C(C(=O)O)c3ccccc3C(=O)N2c2ccc3c(c2)OCO3)cc1. The number of carbonyl (C=O) groups excluding carboxylic acids is 1. The topological polar surface area (TPSA) is 85.3 Å². The Morgan fingerprint density at radius 2 is 1.77 bits per heavy atom. The lowest BCUT2D eigenvalue weighted by Crippen LogP contribution is -2.45. The summed E-state index contributed by atoms with van der Waals surface area (Å²) in [6.07, 6.45) is 0. The zero-order valence-corrected chi connectivity index (χ0v) is 16.6. The van der Waals surface area contributed by atoms with Gasteiger partial charge in [0.15, 0.2) is 11.5 Å². The lowest BCUT2D eigenvalue weighted by molar-refractivity contribution is -0.139. The van der Waals surface area contributed by atoms with Gasteiger partial charge in [0.1, 0.15) is 11.7 Å². The van der Waals surface area contributed by atoms with E-state index in [4.69, 9.17) is 14.2 Å². The van der Waals surface area contributed by atoms with Crippen LogP contribution in [0.25, 0.3) is 0 Å². The third kappa shape index (κ3) is 3.06. The molecule has 0 saturated heterocycles. The summed E-state index contributed by atoms with van der Waals surface area (Å²) in [5.74, 6) is -0.478. The van der Waals surface area contributed by atoms with Gasteiger partial charge in [0.05, 0.1) is 13.2 Å². The number of rotatable bonds is 4. The van der Waals surface area contributed by atoms with Crippen LogP contribution in [0.5, 0.6) is 17.2 Å². The molecule has 3 aromatic rings. The Kier molecular flexibility index (Phi) is 4.51. The fraction of sp³-hybridized carbons (Fsp3) is 0.167. The number of methoxy groups -OCH3 is 1. The molecule has 7 heteroatoms. The second-order valence-electron chi connectivity index (χ2n) is 7.33. The number of fused-ring (bicyclic) bond motifs is 2. The van der Waals surface area contributed by atoms with E-state index in [2.05, 4.69) is 0 Å². The third-order valence-electron chi connectivity index (χ3n) is 5.70. The van der Waals surface area contributed by atoms with Crippen molar-refractivity contribution >= 4 is 17.6 Å². The molecule has 0 aromatic heterocycles. The Labute approximate surface area is 178 Å². The minimum Gasteiger partial charge on any atom is -0.497 e. The number of nitrogens with zero attached hydrogens (tertiary/aromatic N) is 1. The maximum Gasteiger partial charge on any atom is 0.313 e. The quantitative estimate of drug-likeness (QED) is 0.691. The van der Waals surface area contributed by atoms with Crippen molar-refractivity contribution in [3.8, 4) is 17.2 Å². The lowest BCUT2D eigenvalue weighted by atomic mass is 9.79. The Balaban J connectivity index is 1.72. The predicted molar refractivity (Wildman–Crippen MR) is 112 cm³/mol. The van der Waals surface area contributed by atoms with Gasteiger partial charge in [-0.25, -0.2) is 0 Å². The summed E-state index contributed by atoms with van der Waals surface area (Å²) in [7, 11) is 1.56. The molecule has 5 rings (SSSR count). The van der Waals surface area contributed by atoms with E-state index in [1.54, 1.807) is 73.8 Å². The van der Waals surface area contributed by atoms with E-state index >= 15 is 0 Å². The molecule has 0 saturated carbocycles. The Morgan fingerprint density at radius 1 is 1.03 bits per heavy atom. The van der Waals surface area contributed by atoms with Crippen molar-refractivity contribution in [1.82, 2.24) is 0 Å². The summed E-state index contributed by atoms with van der Waals surface area (Å²) < 4.78 is 16.1. The number of carboxylic acids is 1. The van der Waals surface area contributed by atoms with E-state index in [1.807, 2.05) is 0 Å². The number of aliphatic carboxylic acids is 1. The highest BCUT2D eigenvalue weighted by molar-refractivity contribution is 6.11. The van der Waals surface area contributed by atoms with Crippen LogP contribution >= 0.6 is 0 Å². The van der Waals surface area contributed by atoms with Gasteiger partial charge in [-0.05, 0) is 41.5 Å². The smallest absolute Gasteiger partial charge is 0.313 e. The van der Waals surface area contributed by atoms with Crippen LogP contribution in [0.4, 0.5) is 5.69 Å². The average molecular weight is 417 g/mol. The highest BCUT2D eigenvalue weighted by Gasteiger charge is 2.45. The van der Waals surface area contributed by atoms with Crippen LogP contribution in [-0.2, 0) is 4.79 Å². The van der Waals surface area contributed by atoms with Crippen LogP contribution in [0.2, 0.25) is 0 Å². The molecular weight excluding hydrogens is 398 g/mol. The molecule has 2 aliphatic heterocycles. The molecule has 0 radical (unpaired) electrons. The molecule has 0 spiro atoms. The fourth-order valence-electron chi connectivity index (χ4n) is 4.26. The van der Waals surface area contributed by atoms with Gasteiger partial charge in [0, 0.05) is 17.3 Å². The van der Waals surface area contributed by atoms with Crippen LogP contribution in [-0.4, -0.2) is 30.9 Å². The standard InChI is InChI=1S/C24H19NO6/c1-29-16-9-6-14(7-10-16)22-21(24(27)28)17-4-2-3-5-18(17)23(26)25(22)15-8-11-19-20(12-15)31-13-30-19/h2-12,21-22H,13H2,1H3,(H,27,28). The highest BCUT2D eigenvalue weighted by atomic mass is 16.7. The average Bonchev–Trinajstić information content (AvgIpc) is 3.26. The van der Waals surface area contributed by atoms with Crippen LogP contribution in [0.1, 0.15) is 33.4 Å². The third-order valence-corrected chi connectivity index (χ3v) is 5.70. The van der Waals surface area contributed by atoms with E-state index in [1.165, 1.54) is 4.90 Å². The molecule has 2 aliphatic rings. The molecular formula is C24H19NO6. The van der Waals surface area contributed by atoms with Crippen molar-refractivity contribution in [3.05, 3.63) is 83.4 Å². The number of carboxylic acid groups (broad SMARTS) is 1. The molecule has 7 nitrogen and oxygen atoms in total. The summed E-state index contributed by atoms with van der Waals surface area (Å²) in [5.41, 5.74) is 2.10. The number of hydrogen-bond acceptors (Lipinski definition) is 5. The molecule has 2 unspecified atom stereocenters. The van der Waals surface area contributed by atoms with E-state index in [9.17, 15) is 14.7 Å². The van der Waals surface area contributed by atoms with E-state index in [-0.39, 0.29) is 12.7 Å². The van der Waals surface area contributed by atoms with Gasteiger partial charge in [0.2, 0.25) is 6.79 Å². The number of ether oxygens (including phenoxy) is 3. The van der Waals surface area contributed by atoms with Crippen molar-refractivity contribution in [2.24, 2.45) is 0 Å². The molecule has 0 bridgehead atoms. The molecule has 0 aliphatic carbocycles. The summed E-state index contributed by atoms with van der Waals surface area (Å²) in [6.45, 7) is 0.106.